The van der Waals surface area contributed by atoms with Crippen molar-refractivity contribution in [3.05, 3.63) is 107 Å². The van der Waals surface area contributed by atoms with Crippen LogP contribution in [0.4, 0.5) is 0 Å². The Bertz CT molecular complexity index is 965. The minimum atomic E-state index is -0.794. The van der Waals surface area contributed by atoms with E-state index >= 15 is 0 Å². The summed E-state index contributed by atoms with van der Waals surface area (Å²) >= 11 is 0. The number of fused-ring (bicyclic) bond motifs is 1. The zero-order valence-electron chi connectivity index (χ0n) is 18.2. The first-order chi connectivity index (χ1) is 15.1. The first kappa shape index (κ1) is 21.3. The Hall–Kier alpha value is -2.95. The topological polar surface area (TPSA) is 50.4 Å². The van der Waals surface area contributed by atoms with Gasteiger partial charge in [0.15, 0.2) is 0 Å². The van der Waals surface area contributed by atoms with Gasteiger partial charge < -0.3 is 15.4 Å². The maximum atomic E-state index is 12.6. The van der Waals surface area contributed by atoms with Gasteiger partial charge >= 0.3 is 0 Å². The van der Waals surface area contributed by atoms with Gasteiger partial charge in [0.2, 0.25) is 5.91 Å². The smallest absolute Gasteiger partial charge is 0.220 e. The molecule has 0 aromatic heterocycles. The Kier molecular flexibility index (Phi) is 6.50. The highest BCUT2D eigenvalue weighted by molar-refractivity contribution is 5.76. The molecule has 3 aromatic rings. The summed E-state index contributed by atoms with van der Waals surface area (Å²) in [4.78, 5) is 12.6. The lowest BCUT2D eigenvalue weighted by Gasteiger charge is -2.38. The largest absolute Gasteiger partial charge is 0.359 e. The molecule has 1 amide bonds. The molecule has 4 heteroatoms. The quantitative estimate of drug-likeness (QED) is 0.661. The van der Waals surface area contributed by atoms with E-state index in [4.69, 9.17) is 4.74 Å². The predicted octanol–water partition coefficient (Wildman–Crippen LogP) is 4.55. The minimum Gasteiger partial charge on any atom is -0.359 e. The SMILES string of the molecule is CN[C@H]1CCC(=O)NC(C)c2ccccc2C(c2ccccc2)(c2ccccc2)OC1. The number of hydrogen-bond acceptors (Lipinski definition) is 3. The van der Waals surface area contributed by atoms with Gasteiger partial charge in [-0.1, -0.05) is 84.9 Å². The number of benzene rings is 3. The molecule has 2 N–H and O–H groups in total. The van der Waals surface area contributed by atoms with Crippen molar-refractivity contribution in [1.82, 2.24) is 10.6 Å². The molecule has 31 heavy (non-hydrogen) atoms. The number of rotatable bonds is 3. The molecule has 0 saturated heterocycles. The van der Waals surface area contributed by atoms with Crippen molar-refractivity contribution in [3.8, 4) is 0 Å². The molecule has 4 rings (SSSR count). The maximum absolute atomic E-state index is 12.6. The van der Waals surface area contributed by atoms with Gasteiger partial charge in [-0.2, -0.15) is 0 Å². The van der Waals surface area contributed by atoms with Gasteiger partial charge in [0.25, 0.3) is 0 Å². The van der Waals surface area contributed by atoms with Crippen LogP contribution in [0.2, 0.25) is 0 Å². The number of nitrogens with one attached hydrogen (secondary N) is 2. The van der Waals surface area contributed by atoms with Gasteiger partial charge in [0.05, 0.1) is 12.6 Å². The van der Waals surface area contributed by atoms with E-state index < -0.39 is 5.60 Å². The Balaban J connectivity index is 2.00. The van der Waals surface area contributed by atoms with Crippen LogP contribution in [0.3, 0.4) is 0 Å². The summed E-state index contributed by atoms with van der Waals surface area (Å²) in [7, 11) is 1.93. The molecule has 0 fully saturated rings. The van der Waals surface area contributed by atoms with Crippen molar-refractivity contribution in [2.24, 2.45) is 0 Å². The van der Waals surface area contributed by atoms with E-state index in [2.05, 4.69) is 71.3 Å². The lowest BCUT2D eigenvalue weighted by atomic mass is 9.77. The summed E-state index contributed by atoms with van der Waals surface area (Å²) in [6.45, 7) is 2.53. The minimum absolute atomic E-state index is 0.0643. The van der Waals surface area contributed by atoms with Crippen LogP contribution in [0, 0.1) is 0 Å². The van der Waals surface area contributed by atoms with Gasteiger partial charge in [-0.05, 0) is 42.6 Å². The molecule has 1 aliphatic heterocycles. The highest BCUT2D eigenvalue weighted by Crippen LogP contribution is 2.43. The summed E-state index contributed by atoms with van der Waals surface area (Å²) in [5, 5.41) is 6.53. The number of hydrogen-bond donors (Lipinski definition) is 2. The van der Waals surface area contributed by atoms with E-state index in [1.54, 1.807) is 0 Å². The highest BCUT2D eigenvalue weighted by atomic mass is 16.5. The first-order valence-corrected chi connectivity index (χ1v) is 11.0. The molecule has 0 spiro atoms. The third kappa shape index (κ3) is 4.27. The fourth-order valence-electron chi connectivity index (χ4n) is 4.50. The van der Waals surface area contributed by atoms with Crippen LogP contribution >= 0.6 is 0 Å². The summed E-state index contributed by atoms with van der Waals surface area (Å²) in [5.74, 6) is 0.0643. The molecule has 1 aliphatic rings. The van der Waals surface area contributed by atoms with Gasteiger partial charge in [0, 0.05) is 12.5 Å². The van der Waals surface area contributed by atoms with Crippen molar-refractivity contribution in [2.75, 3.05) is 13.7 Å². The van der Waals surface area contributed by atoms with Gasteiger partial charge in [-0.25, -0.2) is 0 Å². The molecule has 4 nitrogen and oxygen atoms in total. The third-order valence-corrected chi connectivity index (χ3v) is 6.17. The van der Waals surface area contributed by atoms with Crippen LogP contribution in [0.25, 0.3) is 0 Å². The molecule has 0 aliphatic carbocycles. The summed E-state index contributed by atoms with van der Waals surface area (Å²) in [6, 6.07) is 29.0. The van der Waals surface area contributed by atoms with Crippen LogP contribution in [0.5, 0.6) is 0 Å². The lowest BCUT2D eigenvalue weighted by Crippen LogP contribution is -2.39. The molecule has 1 unspecified atom stereocenters. The second-order valence-electron chi connectivity index (χ2n) is 8.12. The van der Waals surface area contributed by atoms with Crippen molar-refractivity contribution in [1.29, 1.82) is 0 Å². The molecular formula is C27H30N2O2. The Labute approximate surface area is 184 Å². The third-order valence-electron chi connectivity index (χ3n) is 6.17. The number of amides is 1. The molecule has 160 valence electrons. The molecular weight excluding hydrogens is 384 g/mol. The highest BCUT2D eigenvalue weighted by Gasteiger charge is 2.40. The predicted molar refractivity (Wildman–Crippen MR) is 124 cm³/mol. The monoisotopic (exact) mass is 414 g/mol. The van der Waals surface area contributed by atoms with Crippen LogP contribution in [0.15, 0.2) is 84.9 Å². The average molecular weight is 415 g/mol. The number of likely N-dealkylation sites (N-methyl/N-ethyl adjacent to an activating group) is 1. The normalized spacial score (nSPS) is 21.4. The van der Waals surface area contributed by atoms with Crippen LogP contribution < -0.4 is 10.6 Å². The number of carbonyl (C=O) groups is 1. The van der Waals surface area contributed by atoms with E-state index in [0.29, 0.717) is 19.4 Å². The average Bonchev–Trinajstić information content (AvgIpc) is 2.84. The van der Waals surface area contributed by atoms with E-state index in [1.165, 1.54) is 0 Å². The van der Waals surface area contributed by atoms with Crippen molar-refractivity contribution in [3.63, 3.8) is 0 Å². The van der Waals surface area contributed by atoms with E-state index in [-0.39, 0.29) is 18.0 Å². The molecule has 0 saturated carbocycles. The fourth-order valence-corrected chi connectivity index (χ4v) is 4.50. The van der Waals surface area contributed by atoms with Gasteiger partial charge in [-0.3, -0.25) is 4.79 Å². The molecule has 2 atom stereocenters. The fraction of sp³-hybridized carbons (Fsp3) is 0.296. The number of ether oxygens (including phenoxy) is 1. The molecule has 3 aromatic carbocycles. The zero-order valence-corrected chi connectivity index (χ0v) is 18.2. The Morgan fingerprint density at radius 3 is 2.10 bits per heavy atom. The zero-order chi connectivity index (χ0) is 21.7. The van der Waals surface area contributed by atoms with Crippen LogP contribution in [0.1, 0.15) is 48.1 Å². The Morgan fingerprint density at radius 1 is 0.903 bits per heavy atom. The molecule has 0 radical (unpaired) electrons. The second-order valence-corrected chi connectivity index (χ2v) is 8.12. The summed E-state index contributed by atoms with van der Waals surface area (Å²) in [6.07, 6.45) is 1.18. The van der Waals surface area contributed by atoms with Crippen molar-refractivity contribution < 1.29 is 9.53 Å². The lowest BCUT2D eigenvalue weighted by molar-refractivity contribution is -0.122. The van der Waals surface area contributed by atoms with E-state index in [9.17, 15) is 4.79 Å². The number of carbonyl (C=O) groups excluding carboxylic acids is 1. The second kappa shape index (κ2) is 9.46. The van der Waals surface area contributed by atoms with E-state index in [1.807, 2.05) is 38.2 Å². The molecule has 0 bridgehead atoms. The summed E-state index contributed by atoms with van der Waals surface area (Å²) in [5.41, 5.74) is 3.46. The maximum Gasteiger partial charge on any atom is 0.220 e. The standard InChI is InChI=1S/C27H30N2O2/c1-20-24-15-9-10-16-25(24)27(21-11-5-3-6-12-21,22-13-7-4-8-14-22)31-19-23(28-2)17-18-26(30)29-20/h3-16,20,23,28H,17-19H2,1-2H3,(H,29,30)/t20?,23-/m0/s1. The van der Waals surface area contributed by atoms with E-state index in [0.717, 1.165) is 22.3 Å². The van der Waals surface area contributed by atoms with Crippen molar-refractivity contribution >= 4 is 5.91 Å². The summed E-state index contributed by atoms with van der Waals surface area (Å²) < 4.78 is 6.95. The van der Waals surface area contributed by atoms with Gasteiger partial charge in [0.1, 0.15) is 5.60 Å². The Morgan fingerprint density at radius 2 is 1.48 bits per heavy atom. The molecule has 1 heterocycles. The van der Waals surface area contributed by atoms with Crippen LogP contribution in [-0.2, 0) is 15.1 Å². The first-order valence-electron chi connectivity index (χ1n) is 11.0. The van der Waals surface area contributed by atoms with Crippen molar-refractivity contribution in [2.45, 2.75) is 37.5 Å². The van der Waals surface area contributed by atoms with Crippen LogP contribution in [-0.4, -0.2) is 25.6 Å². The van der Waals surface area contributed by atoms with Gasteiger partial charge in [-0.15, -0.1) is 0 Å².